The molecule has 0 bridgehead atoms. The zero-order valence-electron chi connectivity index (χ0n) is 9.57. The molecule has 2 heteroatoms. The predicted octanol–water partition coefficient (Wildman–Crippen LogP) is 3.92. The maximum atomic E-state index is 10.3. The predicted molar refractivity (Wildman–Crippen MR) is 65.1 cm³/mol. The molecule has 0 amide bonds. The molecule has 0 radical (unpaired) electrons. The number of aryl methyl sites for hydroxylation is 1. The SMILES string of the molecule is CCC1CCC(C(O)c2ccsc2C)C1. The Morgan fingerprint density at radius 2 is 2.33 bits per heavy atom. The number of thiophene rings is 1. The van der Waals surface area contributed by atoms with E-state index in [1.165, 1.54) is 36.1 Å². The van der Waals surface area contributed by atoms with Crippen molar-refractivity contribution in [2.24, 2.45) is 11.8 Å². The summed E-state index contributed by atoms with van der Waals surface area (Å²) < 4.78 is 0. The van der Waals surface area contributed by atoms with Crippen LogP contribution >= 0.6 is 11.3 Å². The van der Waals surface area contributed by atoms with Gasteiger partial charge in [-0.15, -0.1) is 11.3 Å². The summed E-state index contributed by atoms with van der Waals surface area (Å²) in [6.07, 6.45) is 4.78. The molecule has 84 valence electrons. The molecule has 1 aromatic heterocycles. The van der Waals surface area contributed by atoms with E-state index in [1.807, 2.05) is 0 Å². The van der Waals surface area contributed by atoms with Crippen molar-refractivity contribution < 1.29 is 5.11 Å². The minimum absolute atomic E-state index is 0.215. The Bertz CT molecular complexity index is 318. The van der Waals surface area contributed by atoms with Gasteiger partial charge in [-0.3, -0.25) is 0 Å². The van der Waals surface area contributed by atoms with E-state index in [0.29, 0.717) is 5.92 Å². The lowest BCUT2D eigenvalue weighted by molar-refractivity contribution is 0.109. The first-order valence-corrected chi connectivity index (χ1v) is 6.82. The van der Waals surface area contributed by atoms with Crippen LogP contribution in [-0.4, -0.2) is 5.11 Å². The number of rotatable bonds is 3. The molecule has 3 unspecified atom stereocenters. The fraction of sp³-hybridized carbons (Fsp3) is 0.692. The van der Waals surface area contributed by atoms with Crippen LogP contribution in [-0.2, 0) is 0 Å². The van der Waals surface area contributed by atoms with Gasteiger partial charge in [0.2, 0.25) is 0 Å². The van der Waals surface area contributed by atoms with Crippen LogP contribution in [0.25, 0.3) is 0 Å². The molecule has 0 saturated heterocycles. The summed E-state index contributed by atoms with van der Waals surface area (Å²) in [5.41, 5.74) is 1.17. The highest BCUT2D eigenvalue weighted by Crippen LogP contribution is 2.41. The van der Waals surface area contributed by atoms with Crippen LogP contribution in [0.3, 0.4) is 0 Å². The zero-order valence-corrected chi connectivity index (χ0v) is 10.4. The fourth-order valence-electron chi connectivity index (χ4n) is 2.73. The summed E-state index contributed by atoms with van der Waals surface area (Å²) >= 11 is 1.74. The monoisotopic (exact) mass is 224 g/mol. The highest BCUT2D eigenvalue weighted by Gasteiger charge is 2.30. The van der Waals surface area contributed by atoms with Crippen molar-refractivity contribution in [3.8, 4) is 0 Å². The Balaban J connectivity index is 2.03. The van der Waals surface area contributed by atoms with E-state index in [-0.39, 0.29) is 6.10 Å². The van der Waals surface area contributed by atoms with Crippen molar-refractivity contribution in [3.63, 3.8) is 0 Å². The lowest BCUT2D eigenvalue weighted by Gasteiger charge is -2.18. The first-order valence-electron chi connectivity index (χ1n) is 5.94. The van der Waals surface area contributed by atoms with E-state index in [0.717, 1.165) is 5.92 Å². The first kappa shape index (κ1) is 11.2. The van der Waals surface area contributed by atoms with Crippen LogP contribution in [0.4, 0.5) is 0 Å². The molecule has 1 fully saturated rings. The van der Waals surface area contributed by atoms with Gasteiger partial charge in [-0.2, -0.15) is 0 Å². The number of hydrogen-bond acceptors (Lipinski definition) is 2. The third-order valence-corrected chi connectivity index (χ3v) is 4.68. The number of hydrogen-bond donors (Lipinski definition) is 1. The summed E-state index contributed by atoms with van der Waals surface area (Å²) in [6.45, 7) is 4.37. The maximum Gasteiger partial charge on any atom is 0.0828 e. The van der Waals surface area contributed by atoms with Gasteiger partial charge in [-0.05, 0) is 48.6 Å². The Kier molecular flexibility index (Phi) is 3.47. The van der Waals surface area contributed by atoms with Gasteiger partial charge in [0.15, 0.2) is 0 Å². The highest BCUT2D eigenvalue weighted by molar-refractivity contribution is 7.10. The molecule has 0 aliphatic heterocycles. The third-order valence-electron chi connectivity index (χ3n) is 3.82. The lowest BCUT2D eigenvalue weighted by Crippen LogP contribution is -2.09. The Labute approximate surface area is 96.1 Å². The summed E-state index contributed by atoms with van der Waals surface area (Å²) in [5, 5.41) is 12.4. The summed E-state index contributed by atoms with van der Waals surface area (Å²) in [7, 11) is 0. The van der Waals surface area contributed by atoms with E-state index >= 15 is 0 Å². The van der Waals surface area contributed by atoms with Gasteiger partial charge in [0.1, 0.15) is 0 Å². The molecule has 1 saturated carbocycles. The summed E-state index contributed by atoms with van der Waals surface area (Å²) in [5.74, 6) is 1.35. The Morgan fingerprint density at radius 1 is 1.53 bits per heavy atom. The fourth-order valence-corrected chi connectivity index (χ4v) is 3.47. The average molecular weight is 224 g/mol. The molecule has 3 atom stereocenters. The van der Waals surface area contributed by atoms with E-state index in [1.54, 1.807) is 11.3 Å². The second kappa shape index (κ2) is 4.67. The third kappa shape index (κ3) is 2.26. The van der Waals surface area contributed by atoms with Gasteiger partial charge < -0.3 is 5.11 Å². The summed E-state index contributed by atoms with van der Waals surface area (Å²) in [4.78, 5) is 1.28. The molecule has 15 heavy (non-hydrogen) atoms. The number of aliphatic hydroxyl groups is 1. The van der Waals surface area contributed by atoms with Crippen LogP contribution in [0.2, 0.25) is 0 Å². The van der Waals surface area contributed by atoms with Crippen molar-refractivity contribution in [1.29, 1.82) is 0 Å². The molecule has 1 aromatic rings. The van der Waals surface area contributed by atoms with E-state index in [4.69, 9.17) is 0 Å². The maximum absolute atomic E-state index is 10.3. The Hall–Kier alpha value is -0.340. The van der Waals surface area contributed by atoms with Crippen molar-refractivity contribution in [2.45, 2.75) is 45.6 Å². The second-order valence-corrected chi connectivity index (χ2v) is 5.84. The molecular weight excluding hydrogens is 204 g/mol. The van der Waals surface area contributed by atoms with Crippen LogP contribution in [0.15, 0.2) is 11.4 Å². The van der Waals surface area contributed by atoms with E-state index < -0.39 is 0 Å². The van der Waals surface area contributed by atoms with Gasteiger partial charge in [-0.1, -0.05) is 19.8 Å². The molecule has 0 aromatic carbocycles. The van der Waals surface area contributed by atoms with Crippen LogP contribution < -0.4 is 0 Å². The van der Waals surface area contributed by atoms with E-state index in [9.17, 15) is 5.11 Å². The van der Waals surface area contributed by atoms with Crippen molar-refractivity contribution in [3.05, 3.63) is 21.9 Å². The van der Waals surface area contributed by atoms with Crippen molar-refractivity contribution >= 4 is 11.3 Å². The molecule has 1 heterocycles. The quantitative estimate of drug-likeness (QED) is 0.825. The molecule has 1 N–H and O–H groups in total. The lowest BCUT2D eigenvalue weighted by atomic mass is 9.93. The normalized spacial score (nSPS) is 28.2. The molecule has 1 nitrogen and oxygen atoms in total. The molecule has 2 rings (SSSR count). The topological polar surface area (TPSA) is 20.2 Å². The van der Waals surface area contributed by atoms with Gasteiger partial charge in [0.25, 0.3) is 0 Å². The molecule has 0 spiro atoms. The van der Waals surface area contributed by atoms with Crippen molar-refractivity contribution in [2.75, 3.05) is 0 Å². The van der Waals surface area contributed by atoms with Gasteiger partial charge >= 0.3 is 0 Å². The minimum Gasteiger partial charge on any atom is -0.388 e. The smallest absolute Gasteiger partial charge is 0.0828 e. The average Bonchev–Trinajstić information content (AvgIpc) is 2.84. The molecule has 1 aliphatic rings. The highest BCUT2D eigenvalue weighted by atomic mass is 32.1. The standard InChI is InChI=1S/C13H20OS/c1-3-10-4-5-11(8-10)13(14)12-6-7-15-9(12)2/h6-7,10-11,13-14H,3-5,8H2,1-2H3. The molecular formula is C13H20OS. The van der Waals surface area contributed by atoms with Crippen molar-refractivity contribution in [1.82, 2.24) is 0 Å². The van der Waals surface area contributed by atoms with E-state index in [2.05, 4.69) is 25.3 Å². The van der Waals surface area contributed by atoms with Gasteiger partial charge in [-0.25, -0.2) is 0 Å². The first-order chi connectivity index (χ1) is 7.22. The minimum atomic E-state index is -0.215. The van der Waals surface area contributed by atoms with Gasteiger partial charge in [0, 0.05) is 4.88 Å². The van der Waals surface area contributed by atoms with Crippen LogP contribution in [0, 0.1) is 18.8 Å². The van der Waals surface area contributed by atoms with Crippen LogP contribution in [0.1, 0.15) is 49.2 Å². The van der Waals surface area contributed by atoms with Gasteiger partial charge in [0.05, 0.1) is 6.10 Å². The van der Waals surface area contributed by atoms with Crippen LogP contribution in [0.5, 0.6) is 0 Å². The number of aliphatic hydroxyl groups excluding tert-OH is 1. The molecule has 1 aliphatic carbocycles. The Morgan fingerprint density at radius 3 is 2.87 bits per heavy atom. The second-order valence-electron chi connectivity index (χ2n) is 4.72. The zero-order chi connectivity index (χ0) is 10.8. The summed E-state index contributed by atoms with van der Waals surface area (Å²) in [6, 6.07) is 2.09. The largest absolute Gasteiger partial charge is 0.388 e.